The van der Waals surface area contributed by atoms with Crippen molar-refractivity contribution in [2.75, 3.05) is 43.6 Å². The summed E-state index contributed by atoms with van der Waals surface area (Å²) in [6.07, 6.45) is -0.372. The van der Waals surface area contributed by atoms with Gasteiger partial charge < -0.3 is 20.1 Å². The summed E-state index contributed by atoms with van der Waals surface area (Å²) in [7, 11) is 1.52. The van der Waals surface area contributed by atoms with Gasteiger partial charge in [-0.05, 0) is 0 Å². The maximum Gasteiger partial charge on any atom is 0.168 e. The zero-order valence-corrected chi connectivity index (χ0v) is 9.99. The number of aliphatic hydroxyl groups is 1. The van der Waals surface area contributed by atoms with E-state index in [1.807, 2.05) is 0 Å². The number of hydrogen-bond acceptors (Lipinski definition) is 5. The van der Waals surface area contributed by atoms with E-state index in [1.165, 1.54) is 7.05 Å². The third kappa shape index (κ3) is 2.51. The lowest BCUT2D eigenvalue weighted by Gasteiger charge is -2.33. The van der Waals surface area contributed by atoms with Crippen LogP contribution in [-0.2, 0) is 4.74 Å². The highest BCUT2D eigenvalue weighted by atomic mass is 19.1. The Morgan fingerprint density at radius 2 is 2.33 bits per heavy atom. The van der Waals surface area contributed by atoms with Crippen LogP contribution in [0.5, 0.6) is 0 Å². The van der Waals surface area contributed by atoms with Gasteiger partial charge in [-0.2, -0.15) is 0 Å². The van der Waals surface area contributed by atoms with Gasteiger partial charge in [0.25, 0.3) is 0 Å². The number of morpholine rings is 1. The standard InChI is InChI=1S/C11H15F2N3O2/c1-14-10-8(12)4-9(13)11(15-10)16-2-3-18-7(5-16)6-17/h4,7,17H,2-3,5-6H2,1H3,(H,14,15). The second-order valence-electron chi connectivity index (χ2n) is 4.00. The van der Waals surface area contributed by atoms with Crippen LogP contribution in [0.25, 0.3) is 0 Å². The molecule has 0 spiro atoms. The molecule has 1 unspecified atom stereocenters. The molecule has 1 aromatic heterocycles. The van der Waals surface area contributed by atoms with Crippen LogP contribution in [0.4, 0.5) is 20.4 Å². The van der Waals surface area contributed by atoms with Crippen molar-refractivity contribution in [3.05, 3.63) is 17.7 Å². The second-order valence-corrected chi connectivity index (χ2v) is 4.00. The van der Waals surface area contributed by atoms with Gasteiger partial charge in [0.2, 0.25) is 0 Å². The molecular weight excluding hydrogens is 244 g/mol. The van der Waals surface area contributed by atoms with Crippen molar-refractivity contribution >= 4 is 11.6 Å². The summed E-state index contributed by atoms with van der Waals surface area (Å²) in [6.45, 7) is 1.02. The number of ether oxygens (including phenoxy) is 1. The summed E-state index contributed by atoms with van der Waals surface area (Å²) in [6, 6.07) is 0.803. The molecule has 1 fully saturated rings. The van der Waals surface area contributed by atoms with Crippen molar-refractivity contribution in [3.63, 3.8) is 0 Å². The largest absolute Gasteiger partial charge is 0.394 e. The van der Waals surface area contributed by atoms with E-state index in [2.05, 4.69) is 10.3 Å². The Bertz CT molecular complexity index is 431. The molecule has 2 rings (SSSR count). The minimum Gasteiger partial charge on any atom is -0.394 e. The topological polar surface area (TPSA) is 57.6 Å². The third-order valence-corrected chi connectivity index (χ3v) is 2.79. The van der Waals surface area contributed by atoms with E-state index in [-0.39, 0.29) is 24.3 Å². The van der Waals surface area contributed by atoms with Crippen LogP contribution >= 0.6 is 0 Å². The van der Waals surface area contributed by atoms with Gasteiger partial charge in [0.15, 0.2) is 23.3 Å². The van der Waals surface area contributed by atoms with E-state index >= 15 is 0 Å². The van der Waals surface area contributed by atoms with Gasteiger partial charge in [0.1, 0.15) is 0 Å². The summed E-state index contributed by atoms with van der Waals surface area (Å²) >= 11 is 0. The first-order chi connectivity index (χ1) is 8.65. The van der Waals surface area contributed by atoms with Crippen molar-refractivity contribution in [1.82, 2.24) is 4.98 Å². The fraction of sp³-hybridized carbons (Fsp3) is 0.545. The Kier molecular flexibility index (Phi) is 3.93. The van der Waals surface area contributed by atoms with Crippen molar-refractivity contribution < 1.29 is 18.6 Å². The molecule has 2 heterocycles. The van der Waals surface area contributed by atoms with Crippen LogP contribution in [-0.4, -0.2) is 49.5 Å². The number of anilines is 2. The van der Waals surface area contributed by atoms with E-state index < -0.39 is 11.6 Å². The quantitative estimate of drug-likeness (QED) is 0.832. The normalized spacial score (nSPS) is 20.0. The molecule has 0 saturated carbocycles. The highest BCUT2D eigenvalue weighted by Gasteiger charge is 2.24. The van der Waals surface area contributed by atoms with Crippen LogP contribution in [0, 0.1) is 11.6 Å². The van der Waals surface area contributed by atoms with E-state index in [9.17, 15) is 8.78 Å². The smallest absolute Gasteiger partial charge is 0.168 e. The monoisotopic (exact) mass is 259 g/mol. The predicted octanol–water partition coefficient (Wildman–Crippen LogP) is 0.599. The summed E-state index contributed by atoms with van der Waals surface area (Å²) in [5, 5.41) is 11.6. The zero-order valence-electron chi connectivity index (χ0n) is 9.99. The van der Waals surface area contributed by atoms with Gasteiger partial charge in [-0.25, -0.2) is 13.8 Å². The third-order valence-electron chi connectivity index (χ3n) is 2.79. The summed E-state index contributed by atoms with van der Waals surface area (Å²) < 4.78 is 32.3. The molecule has 0 aromatic carbocycles. The van der Waals surface area contributed by atoms with Crippen molar-refractivity contribution in [3.8, 4) is 0 Å². The summed E-state index contributed by atoms with van der Waals surface area (Å²) in [5.74, 6) is -1.38. The van der Waals surface area contributed by atoms with Crippen molar-refractivity contribution in [2.24, 2.45) is 0 Å². The first kappa shape index (κ1) is 13.0. The molecule has 7 heteroatoms. The Morgan fingerprint density at radius 3 is 3.00 bits per heavy atom. The lowest BCUT2D eigenvalue weighted by atomic mass is 10.2. The minimum atomic E-state index is -0.731. The van der Waals surface area contributed by atoms with E-state index in [0.29, 0.717) is 19.7 Å². The number of aromatic nitrogens is 1. The summed E-state index contributed by atoms with van der Waals surface area (Å²) in [5.41, 5.74) is 0. The molecule has 2 N–H and O–H groups in total. The van der Waals surface area contributed by atoms with Crippen molar-refractivity contribution in [2.45, 2.75) is 6.10 Å². The molecule has 1 aromatic rings. The lowest BCUT2D eigenvalue weighted by Crippen LogP contribution is -2.44. The van der Waals surface area contributed by atoms with Crippen LogP contribution in [0.2, 0.25) is 0 Å². The number of rotatable bonds is 3. The van der Waals surface area contributed by atoms with Gasteiger partial charge in [-0.15, -0.1) is 0 Å². The molecule has 0 amide bonds. The molecule has 100 valence electrons. The maximum atomic E-state index is 13.7. The predicted molar refractivity (Wildman–Crippen MR) is 62.7 cm³/mol. The number of aliphatic hydroxyl groups excluding tert-OH is 1. The van der Waals surface area contributed by atoms with Crippen LogP contribution in [0.3, 0.4) is 0 Å². The Morgan fingerprint density at radius 1 is 1.56 bits per heavy atom. The van der Waals surface area contributed by atoms with Crippen LogP contribution in [0.15, 0.2) is 6.07 Å². The fourth-order valence-electron chi connectivity index (χ4n) is 1.88. The molecule has 5 nitrogen and oxygen atoms in total. The molecule has 0 radical (unpaired) electrons. The number of nitrogens with one attached hydrogen (secondary N) is 1. The Balaban J connectivity index is 2.26. The average Bonchev–Trinajstić information content (AvgIpc) is 2.39. The maximum absolute atomic E-state index is 13.7. The van der Waals surface area contributed by atoms with E-state index in [4.69, 9.17) is 9.84 Å². The second kappa shape index (κ2) is 5.45. The molecule has 1 aliphatic heterocycles. The first-order valence-electron chi connectivity index (χ1n) is 5.67. The van der Waals surface area contributed by atoms with Crippen molar-refractivity contribution in [1.29, 1.82) is 0 Å². The molecule has 1 atom stereocenters. The van der Waals surface area contributed by atoms with Crippen LogP contribution < -0.4 is 10.2 Å². The highest BCUT2D eigenvalue weighted by Crippen LogP contribution is 2.23. The summed E-state index contributed by atoms with van der Waals surface area (Å²) in [4.78, 5) is 5.55. The fourth-order valence-corrected chi connectivity index (χ4v) is 1.88. The van der Waals surface area contributed by atoms with Gasteiger partial charge in [-0.1, -0.05) is 0 Å². The van der Waals surface area contributed by atoms with E-state index in [0.717, 1.165) is 6.07 Å². The Labute approximate surface area is 103 Å². The van der Waals surface area contributed by atoms with Gasteiger partial charge in [0, 0.05) is 26.2 Å². The van der Waals surface area contributed by atoms with E-state index in [1.54, 1.807) is 4.90 Å². The SMILES string of the molecule is CNc1nc(N2CCOC(CO)C2)c(F)cc1F. The molecule has 0 bridgehead atoms. The number of nitrogens with zero attached hydrogens (tertiary/aromatic N) is 2. The highest BCUT2D eigenvalue weighted by molar-refractivity contribution is 5.49. The molecule has 18 heavy (non-hydrogen) atoms. The van der Waals surface area contributed by atoms with Crippen LogP contribution in [0.1, 0.15) is 0 Å². The molecular formula is C11H15F2N3O2. The number of pyridine rings is 1. The number of halogens is 2. The Hall–Kier alpha value is -1.47. The molecule has 1 aliphatic rings. The zero-order chi connectivity index (χ0) is 13.1. The number of hydrogen-bond donors (Lipinski definition) is 2. The van der Waals surface area contributed by atoms with Gasteiger partial charge in [0.05, 0.1) is 19.3 Å². The lowest BCUT2D eigenvalue weighted by molar-refractivity contribution is 0.00319. The molecule has 0 aliphatic carbocycles. The molecule has 1 saturated heterocycles. The van der Waals surface area contributed by atoms with Gasteiger partial charge in [-0.3, -0.25) is 0 Å². The minimum absolute atomic E-state index is 0.00144. The average molecular weight is 259 g/mol. The first-order valence-corrected chi connectivity index (χ1v) is 5.67. The van der Waals surface area contributed by atoms with Gasteiger partial charge >= 0.3 is 0 Å².